The monoisotopic (exact) mass is 617 g/mol. The van der Waals surface area contributed by atoms with Crippen molar-refractivity contribution in [1.82, 2.24) is 9.88 Å². The zero-order chi connectivity index (χ0) is 32.1. The highest BCUT2D eigenvalue weighted by Crippen LogP contribution is 2.42. The van der Waals surface area contributed by atoms with Gasteiger partial charge in [0.15, 0.2) is 9.76 Å². The summed E-state index contributed by atoms with van der Waals surface area (Å²) >= 11 is 0. The number of piperazine rings is 1. The van der Waals surface area contributed by atoms with Gasteiger partial charge in [-0.3, -0.25) is 0 Å². The molecule has 0 saturated carbocycles. The highest BCUT2D eigenvalue weighted by Gasteiger charge is 2.43. The Kier molecular flexibility index (Phi) is 9.83. The van der Waals surface area contributed by atoms with E-state index in [0.29, 0.717) is 19.0 Å². The number of hydrogen-bond donors (Lipinski definition) is 0. The number of aromatic nitrogens is 1. The van der Waals surface area contributed by atoms with Crippen LogP contribution in [0.5, 0.6) is 0 Å². The van der Waals surface area contributed by atoms with Gasteiger partial charge in [0.25, 0.3) is 0 Å². The van der Waals surface area contributed by atoms with Gasteiger partial charge < -0.3 is 23.4 Å². The Labute approximate surface area is 259 Å². The molecule has 2 atom stereocenters. The van der Waals surface area contributed by atoms with Crippen molar-refractivity contribution in [1.29, 1.82) is 0 Å². The van der Waals surface area contributed by atoms with Crippen LogP contribution in [0.4, 0.5) is 10.6 Å². The van der Waals surface area contributed by atoms with Crippen molar-refractivity contribution in [3.63, 3.8) is 0 Å². The highest BCUT2D eigenvalue weighted by molar-refractivity contribution is 6.74. The molecule has 1 fully saturated rings. The Morgan fingerprint density at radius 2 is 1.69 bits per heavy atom. The number of hydrogen-bond acceptors (Lipinski definition) is 6. The second kappa shape index (κ2) is 11.9. The Hall–Kier alpha value is -1.85. The SMILES string of the molecule is CC(C)C(C)(C)[SiH2]OC(C)(C)c1nc2c(cc1C=CO[Si](C)(C)C(C)(C)C)C[C@@H]1CN(C(=O)OC(C)(C)C)C[C@@H](C)N21. The molecule has 0 N–H and O–H groups in total. The van der Waals surface area contributed by atoms with Crippen molar-refractivity contribution in [2.24, 2.45) is 5.92 Å². The third-order valence-corrected chi connectivity index (χ3v) is 16.4. The van der Waals surface area contributed by atoms with Gasteiger partial charge in [-0.05, 0) is 94.8 Å². The Balaban J connectivity index is 1.99. The number of rotatable bonds is 8. The van der Waals surface area contributed by atoms with Gasteiger partial charge in [0.2, 0.25) is 8.32 Å². The highest BCUT2D eigenvalue weighted by atomic mass is 28.4. The van der Waals surface area contributed by atoms with Crippen LogP contribution in [0.1, 0.15) is 107 Å². The molecule has 9 heteroatoms. The second-order valence-electron chi connectivity index (χ2n) is 16.5. The molecule has 1 aromatic rings. The Morgan fingerprint density at radius 3 is 2.24 bits per heavy atom. The maximum Gasteiger partial charge on any atom is 0.410 e. The predicted octanol–water partition coefficient (Wildman–Crippen LogP) is 7.63. The summed E-state index contributed by atoms with van der Waals surface area (Å²) < 4.78 is 19.0. The van der Waals surface area contributed by atoms with Crippen molar-refractivity contribution >= 4 is 36.1 Å². The summed E-state index contributed by atoms with van der Waals surface area (Å²) in [6.07, 6.45) is 4.59. The van der Waals surface area contributed by atoms with Crippen LogP contribution in [0.2, 0.25) is 23.2 Å². The molecule has 238 valence electrons. The molecule has 0 aliphatic carbocycles. The Bertz CT molecular complexity index is 1170. The number of amides is 1. The van der Waals surface area contributed by atoms with Crippen molar-refractivity contribution in [3.8, 4) is 0 Å². The van der Waals surface area contributed by atoms with E-state index in [9.17, 15) is 4.79 Å². The van der Waals surface area contributed by atoms with E-state index < -0.39 is 29.3 Å². The van der Waals surface area contributed by atoms with Gasteiger partial charge in [0.05, 0.1) is 23.6 Å². The van der Waals surface area contributed by atoms with Crippen molar-refractivity contribution in [3.05, 3.63) is 29.1 Å². The van der Waals surface area contributed by atoms with Crippen LogP contribution in [-0.2, 0) is 25.6 Å². The van der Waals surface area contributed by atoms with Crippen LogP contribution in [0.15, 0.2) is 12.3 Å². The lowest BCUT2D eigenvalue weighted by atomic mass is 9.97. The summed E-state index contributed by atoms with van der Waals surface area (Å²) in [5.41, 5.74) is 2.14. The number of pyridine rings is 1. The standard InChI is InChI=1S/C33H59N3O4Si2/c1-22(2)33(12,13)41-40-32(10,11)27-24(16-17-38-42(14,15)31(7,8)9)18-25-19-26-21-35(29(37)39-30(4,5)6)20-23(3)36(26)28(25)34-27/h16-18,22-23,26H,19-21,41H2,1-15H3/t23-,26-/m1/s1. The lowest BCUT2D eigenvalue weighted by Gasteiger charge is -2.43. The van der Waals surface area contributed by atoms with Gasteiger partial charge in [-0.25, -0.2) is 9.78 Å². The third-order valence-electron chi connectivity index (χ3n) is 9.60. The van der Waals surface area contributed by atoms with E-state index >= 15 is 0 Å². The first-order chi connectivity index (χ1) is 18.9. The summed E-state index contributed by atoms with van der Waals surface area (Å²) in [5, 5.41) is 0.291. The van der Waals surface area contributed by atoms with Gasteiger partial charge >= 0.3 is 6.09 Å². The molecular formula is C33H59N3O4Si2. The lowest BCUT2D eigenvalue weighted by Crippen LogP contribution is -2.58. The van der Waals surface area contributed by atoms with Crippen LogP contribution >= 0.6 is 0 Å². The quantitative estimate of drug-likeness (QED) is 0.221. The molecule has 1 aromatic heterocycles. The maximum atomic E-state index is 13.0. The van der Waals surface area contributed by atoms with Crippen LogP contribution in [0, 0.1) is 5.92 Å². The minimum atomic E-state index is -1.95. The van der Waals surface area contributed by atoms with Crippen molar-refractivity contribution in [2.45, 2.75) is 143 Å². The van der Waals surface area contributed by atoms with E-state index in [1.54, 1.807) is 0 Å². The van der Waals surface area contributed by atoms with Crippen molar-refractivity contribution in [2.75, 3.05) is 18.0 Å². The van der Waals surface area contributed by atoms with E-state index in [4.69, 9.17) is 18.6 Å². The molecule has 2 aliphatic rings. The van der Waals surface area contributed by atoms with Crippen LogP contribution in [0.25, 0.3) is 6.08 Å². The summed E-state index contributed by atoms with van der Waals surface area (Å²) in [7, 11) is -2.82. The molecule has 3 rings (SSSR count). The van der Waals surface area contributed by atoms with Gasteiger partial charge in [0.1, 0.15) is 11.4 Å². The molecule has 0 bridgehead atoms. The van der Waals surface area contributed by atoms with Crippen LogP contribution in [0.3, 0.4) is 0 Å². The molecule has 3 heterocycles. The minimum Gasteiger partial charge on any atom is -0.549 e. The third kappa shape index (κ3) is 7.80. The molecule has 0 unspecified atom stereocenters. The molecule has 7 nitrogen and oxygen atoms in total. The van der Waals surface area contributed by atoms with E-state index in [1.807, 2.05) is 31.9 Å². The average Bonchev–Trinajstić information content (AvgIpc) is 3.18. The van der Waals surface area contributed by atoms with Gasteiger partial charge in [-0.2, -0.15) is 0 Å². The lowest BCUT2D eigenvalue weighted by molar-refractivity contribution is 0.0191. The number of fused-ring (bicyclic) bond motifs is 3. The fourth-order valence-corrected chi connectivity index (χ4v) is 7.02. The molecule has 1 amide bonds. The largest absolute Gasteiger partial charge is 0.549 e. The number of carbonyl (C=O) groups excluding carboxylic acids is 1. The first-order valence-corrected chi connectivity index (χ1v) is 19.9. The second-order valence-corrected chi connectivity index (χ2v) is 23.7. The van der Waals surface area contributed by atoms with Gasteiger partial charge in [0, 0.05) is 24.7 Å². The first-order valence-electron chi connectivity index (χ1n) is 15.7. The summed E-state index contributed by atoms with van der Waals surface area (Å²) in [4.78, 5) is 22.6. The van der Waals surface area contributed by atoms with Crippen LogP contribution < -0.4 is 4.90 Å². The van der Waals surface area contributed by atoms with Gasteiger partial charge in [-0.1, -0.05) is 48.5 Å². The Morgan fingerprint density at radius 1 is 1.07 bits per heavy atom. The van der Waals surface area contributed by atoms with E-state index in [2.05, 4.69) is 99.4 Å². The van der Waals surface area contributed by atoms with E-state index in [1.165, 1.54) is 5.56 Å². The normalized spacial score (nSPS) is 20.6. The smallest absolute Gasteiger partial charge is 0.410 e. The average molecular weight is 618 g/mol. The molecule has 42 heavy (non-hydrogen) atoms. The van der Waals surface area contributed by atoms with Gasteiger partial charge in [-0.15, -0.1) is 0 Å². The number of ether oxygens (including phenoxy) is 1. The molecule has 0 spiro atoms. The predicted molar refractivity (Wildman–Crippen MR) is 180 cm³/mol. The first kappa shape index (κ1) is 34.6. The maximum absolute atomic E-state index is 13.0. The zero-order valence-electron chi connectivity index (χ0n) is 29.3. The minimum absolute atomic E-state index is 0.117. The fraction of sp³-hybridized carbons (Fsp3) is 0.758. The number of anilines is 1. The zero-order valence-corrected chi connectivity index (χ0v) is 31.7. The number of nitrogens with zero attached hydrogens (tertiary/aromatic N) is 3. The summed E-state index contributed by atoms with van der Waals surface area (Å²) in [6, 6.07) is 2.57. The van der Waals surface area contributed by atoms with E-state index in [0.717, 1.165) is 23.5 Å². The fourth-order valence-electron chi connectivity index (χ4n) is 5.06. The summed E-state index contributed by atoms with van der Waals surface area (Å²) in [6.45, 7) is 34.0. The molecular weight excluding hydrogens is 559 g/mol. The van der Waals surface area contributed by atoms with E-state index in [-0.39, 0.29) is 28.3 Å². The van der Waals surface area contributed by atoms with Crippen molar-refractivity contribution < 1.29 is 18.4 Å². The topological polar surface area (TPSA) is 64.1 Å². The van der Waals surface area contributed by atoms with Crippen LogP contribution in [-0.4, -0.2) is 64.8 Å². The molecule has 0 radical (unpaired) electrons. The molecule has 1 saturated heterocycles. The summed E-state index contributed by atoms with van der Waals surface area (Å²) in [5.74, 6) is 1.57. The molecule has 0 aromatic carbocycles. The number of carbonyl (C=O) groups is 1. The molecule has 2 aliphatic heterocycles.